The van der Waals surface area contributed by atoms with E-state index in [4.69, 9.17) is 16.6 Å². The van der Waals surface area contributed by atoms with Gasteiger partial charge in [0.2, 0.25) is 5.91 Å². The third kappa shape index (κ3) is 4.77. The maximum absolute atomic E-state index is 13.1. The number of nitrogens with zero attached hydrogens (tertiary/aromatic N) is 2. The van der Waals surface area contributed by atoms with Gasteiger partial charge in [-0.1, -0.05) is 48.9 Å². The molecule has 1 aliphatic heterocycles. The Morgan fingerprint density at radius 3 is 2.90 bits per heavy atom. The molecule has 0 spiro atoms. The van der Waals surface area contributed by atoms with Gasteiger partial charge in [0.25, 0.3) is 0 Å². The average Bonchev–Trinajstić information content (AvgIpc) is 3.05. The summed E-state index contributed by atoms with van der Waals surface area (Å²) in [6.45, 7) is 5.63. The minimum absolute atomic E-state index is 0.102. The molecule has 1 aliphatic carbocycles. The molecule has 1 amide bonds. The molecule has 162 valence electrons. The maximum Gasteiger partial charge on any atom is 0.235 e. The van der Waals surface area contributed by atoms with Crippen LogP contribution >= 0.6 is 11.6 Å². The lowest BCUT2D eigenvalue weighted by Crippen LogP contribution is -2.30. The van der Waals surface area contributed by atoms with Crippen molar-refractivity contribution in [2.45, 2.75) is 52.4 Å². The lowest BCUT2D eigenvalue weighted by atomic mass is 9.97. The fourth-order valence-electron chi connectivity index (χ4n) is 4.82. The lowest BCUT2D eigenvalue weighted by Gasteiger charge is -2.20. The number of benzene rings is 2. The zero-order valence-electron chi connectivity index (χ0n) is 18.5. The molecule has 1 atom stereocenters. The summed E-state index contributed by atoms with van der Waals surface area (Å²) in [7, 11) is 0. The number of carbonyl (C=O) groups is 1. The minimum Gasteiger partial charge on any atom is -0.312 e. The number of aliphatic imine (C=N–C) groups is 1. The van der Waals surface area contributed by atoms with Crippen LogP contribution in [0, 0.1) is 5.92 Å². The van der Waals surface area contributed by atoms with Crippen molar-refractivity contribution >= 4 is 34.5 Å². The van der Waals surface area contributed by atoms with Crippen LogP contribution in [-0.2, 0) is 17.6 Å². The summed E-state index contributed by atoms with van der Waals surface area (Å²) in [5.74, 6) is 0.0858. The summed E-state index contributed by atoms with van der Waals surface area (Å²) in [4.78, 5) is 19.9. The highest BCUT2D eigenvalue weighted by Crippen LogP contribution is 2.31. The molecule has 0 saturated carbocycles. The van der Waals surface area contributed by atoms with E-state index in [0.717, 1.165) is 55.1 Å². The van der Waals surface area contributed by atoms with Crippen LogP contribution in [0.3, 0.4) is 0 Å². The number of allylic oxidation sites excluding steroid dienone is 1. The Morgan fingerprint density at radius 2 is 2.06 bits per heavy atom. The largest absolute Gasteiger partial charge is 0.312 e. The zero-order valence-corrected chi connectivity index (χ0v) is 19.3. The zero-order chi connectivity index (χ0) is 21.8. The van der Waals surface area contributed by atoms with Crippen LogP contribution < -0.4 is 4.90 Å². The molecule has 1 fully saturated rings. The van der Waals surface area contributed by atoms with Crippen molar-refractivity contribution in [1.82, 2.24) is 0 Å². The molecule has 3 nitrogen and oxygen atoms in total. The van der Waals surface area contributed by atoms with Gasteiger partial charge in [-0.05, 0) is 85.9 Å². The molecule has 4 heteroatoms. The van der Waals surface area contributed by atoms with E-state index in [1.165, 1.54) is 28.7 Å². The number of hydrogen-bond donors (Lipinski definition) is 0. The number of anilines is 1. The van der Waals surface area contributed by atoms with Gasteiger partial charge >= 0.3 is 0 Å². The molecule has 31 heavy (non-hydrogen) atoms. The van der Waals surface area contributed by atoms with Crippen LogP contribution in [0.5, 0.6) is 0 Å². The number of amides is 1. The fourth-order valence-corrected chi connectivity index (χ4v) is 5.00. The standard InChI is InChI=1S/C27H31ClN2O/c1-3-20-8-6-7-11-26(20)30-17-15-24(27(30)31)19(2)29-16-14-22-10-5-4-9-21-12-13-23(28)18-25(21)22/h6-8,10-13,18,24H,3-5,9,14-17H2,1-2H3. The summed E-state index contributed by atoms with van der Waals surface area (Å²) in [6.07, 6.45) is 8.36. The van der Waals surface area contributed by atoms with Crippen molar-refractivity contribution in [1.29, 1.82) is 0 Å². The second-order valence-electron chi connectivity index (χ2n) is 8.51. The molecule has 0 aromatic heterocycles. The third-order valence-corrected chi connectivity index (χ3v) is 6.81. The van der Waals surface area contributed by atoms with Crippen molar-refractivity contribution in [2.24, 2.45) is 10.9 Å². The van der Waals surface area contributed by atoms with E-state index in [-0.39, 0.29) is 11.8 Å². The Hall–Kier alpha value is -2.39. The Morgan fingerprint density at radius 1 is 1.23 bits per heavy atom. The molecule has 1 heterocycles. The predicted octanol–water partition coefficient (Wildman–Crippen LogP) is 6.53. The normalized spacial score (nSPS) is 19.3. The molecule has 1 saturated heterocycles. The Kier molecular flexibility index (Phi) is 6.92. The van der Waals surface area contributed by atoms with Crippen molar-refractivity contribution < 1.29 is 4.79 Å². The van der Waals surface area contributed by atoms with E-state index in [0.29, 0.717) is 6.54 Å². The van der Waals surface area contributed by atoms with Crippen molar-refractivity contribution in [2.75, 3.05) is 18.0 Å². The van der Waals surface area contributed by atoms with Crippen molar-refractivity contribution in [3.05, 3.63) is 70.3 Å². The van der Waals surface area contributed by atoms with Crippen LogP contribution in [0.25, 0.3) is 5.57 Å². The van der Waals surface area contributed by atoms with Crippen LogP contribution in [0.15, 0.2) is 53.5 Å². The molecule has 0 bridgehead atoms. The van der Waals surface area contributed by atoms with Gasteiger partial charge in [-0.15, -0.1) is 0 Å². The number of para-hydroxylation sites is 1. The van der Waals surface area contributed by atoms with E-state index in [9.17, 15) is 4.79 Å². The lowest BCUT2D eigenvalue weighted by molar-refractivity contribution is -0.118. The number of halogens is 1. The minimum atomic E-state index is -0.102. The summed E-state index contributed by atoms with van der Waals surface area (Å²) in [5.41, 5.74) is 7.23. The van der Waals surface area contributed by atoms with Crippen LogP contribution in [-0.4, -0.2) is 24.7 Å². The Labute approximate surface area is 190 Å². The molecule has 1 unspecified atom stereocenters. The second-order valence-corrected chi connectivity index (χ2v) is 8.95. The molecule has 0 N–H and O–H groups in total. The molecule has 4 rings (SSSR count). The fraction of sp³-hybridized carbons (Fsp3) is 0.407. The molecule has 2 aromatic carbocycles. The highest BCUT2D eigenvalue weighted by atomic mass is 35.5. The SMILES string of the molecule is CCc1ccccc1N1CCC(C(C)=NCCC2=CCCCc3ccc(Cl)cc32)C1=O. The highest BCUT2D eigenvalue weighted by molar-refractivity contribution is 6.30. The number of carbonyl (C=O) groups excluding carboxylic acids is 1. The second kappa shape index (κ2) is 9.82. The van der Waals surface area contributed by atoms with Gasteiger partial charge in [0.05, 0.1) is 5.92 Å². The predicted molar refractivity (Wildman–Crippen MR) is 131 cm³/mol. The van der Waals surface area contributed by atoms with Gasteiger partial charge in [-0.3, -0.25) is 9.79 Å². The van der Waals surface area contributed by atoms with E-state index in [1.54, 1.807) is 0 Å². The quantitative estimate of drug-likeness (QED) is 0.476. The first-order chi connectivity index (χ1) is 15.1. The number of hydrogen-bond acceptors (Lipinski definition) is 2. The Bertz CT molecular complexity index is 1020. The first-order valence-electron chi connectivity index (χ1n) is 11.5. The Balaban J connectivity index is 1.44. The summed E-state index contributed by atoms with van der Waals surface area (Å²) >= 11 is 6.27. The van der Waals surface area contributed by atoms with Crippen LogP contribution in [0.4, 0.5) is 5.69 Å². The van der Waals surface area contributed by atoms with Gasteiger partial charge in [0, 0.05) is 29.5 Å². The van der Waals surface area contributed by atoms with Crippen molar-refractivity contribution in [3.8, 4) is 0 Å². The van der Waals surface area contributed by atoms with E-state index in [1.807, 2.05) is 30.0 Å². The molecule has 0 radical (unpaired) electrons. The first-order valence-corrected chi connectivity index (χ1v) is 11.8. The van der Waals surface area contributed by atoms with Gasteiger partial charge in [-0.2, -0.15) is 0 Å². The van der Waals surface area contributed by atoms with Crippen molar-refractivity contribution in [3.63, 3.8) is 0 Å². The smallest absolute Gasteiger partial charge is 0.235 e. The molecule has 2 aromatic rings. The topological polar surface area (TPSA) is 32.7 Å². The maximum atomic E-state index is 13.1. The van der Waals surface area contributed by atoms with Gasteiger partial charge in [-0.25, -0.2) is 0 Å². The molecular formula is C27H31ClN2O. The molecule has 2 aliphatic rings. The average molecular weight is 435 g/mol. The third-order valence-electron chi connectivity index (χ3n) is 6.57. The van der Waals surface area contributed by atoms with Gasteiger partial charge in [0.15, 0.2) is 0 Å². The van der Waals surface area contributed by atoms with E-state index in [2.05, 4.69) is 37.3 Å². The van der Waals surface area contributed by atoms with Crippen LogP contribution in [0.1, 0.15) is 56.2 Å². The summed E-state index contributed by atoms with van der Waals surface area (Å²) in [6, 6.07) is 14.5. The number of fused-ring (bicyclic) bond motifs is 1. The summed E-state index contributed by atoms with van der Waals surface area (Å²) < 4.78 is 0. The number of rotatable bonds is 6. The monoisotopic (exact) mass is 434 g/mol. The van der Waals surface area contributed by atoms with Crippen LogP contribution in [0.2, 0.25) is 5.02 Å². The summed E-state index contributed by atoms with van der Waals surface area (Å²) in [5, 5.41) is 0.787. The van der Waals surface area contributed by atoms with E-state index >= 15 is 0 Å². The number of aryl methyl sites for hydroxylation is 2. The highest BCUT2D eigenvalue weighted by Gasteiger charge is 2.34. The van der Waals surface area contributed by atoms with E-state index < -0.39 is 0 Å². The first kappa shape index (κ1) is 21.8. The molecular weight excluding hydrogens is 404 g/mol. The van der Waals surface area contributed by atoms with Gasteiger partial charge in [0.1, 0.15) is 0 Å². The van der Waals surface area contributed by atoms with Gasteiger partial charge < -0.3 is 4.90 Å².